The summed E-state index contributed by atoms with van der Waals surface area (Å²) in [7, 11) is 1.75. The molecule has 1 atom stereocenters. The Morgan fingerprint density at radius 1 is 1.21 bits per heavy atom. The van der Waals surface area contributed by atoms with Crippen LogP contribution >= 0.6 is 0 Å². The summed E-state index contributed by atoms with van der Waals surface area (Å²) < 4.78 is 15.7. The molecule has 1 aromatic rings. The molecule has 1 aromatic carbocycles. The molecular formula is C15H23NO3. The number of hydrogen-bond donors (Lipinski definition) is 1. The van der Waals surface area contributed by atoms with Crippen LogP contribution in [0.2, 0.25) is 0 Å². The van der Waals surface area contributed by atoms with Crippen molar-refractivity contribution >= 4 is 0 Å². The van der Waals surface area contributed by atoms with E-state index in [9.17, 15) is 0 Å². The molecule has 1 N–H and O–H groups in total. The van der Waals surface area contributed by atoms with Gasteiger partial charge in [-0.2, -0.15) is 0 Å². The van der Waals surface area contributed by atoms with Gasteiger partial charge in [0.25, 0.3) is 0 Å². The van der Waals surface area contributed by atoms with Crippen molar-refractivity contribution in [1.82, 2.24) is 5.32 Å². The number of hydrogen-bond acceptors (Lipinski definition) is 4. The van der Waals surface area contributed by atoms with Crippen molar-refractivity contribution < 1.29 is 14.2 Å². The van der Waals surface area contributed by atoms with Gasteiger partial charge in [0.1, 0.15) is 0 Å². The van der Waals surface area contributed by atoms with E-state index in [-0.39, 0.29) is 0 Å². The number of methoxy groups -OCH3 is 1. The Kier molecular flexibility index (Phi) is 5.48. The smallest absolute Gasteiger partial charge is 0.231 e. The van der Waals surface area contributed by atoms with E-state index in [4.69, 9.17) is 14.2 Å². The van der Waals surface area contributed by atoms with Crippen LogP contribution in [-0.2, 0) is 4.74 Å². The lowest BCUT2D eigenvalue weighted by Crippen LogP contribution is -2.19. The second kappa shape index (κ2) is 7.36. The predicted molar refractivity (Wildman–Crippen MR) is 74.7 cm³/mol. The van der Waals surface area contributed by atoms with Gasteiger partial charge >= 0.3 is 0 Å². The Morgan fingerprint density at radius 2 is 2.05 bits per heavy atom. The molecule has 1 aliphatic rings. The second-order valence-corrected chi connectivity index (χ2v) is 4.84. The first-order chi connectivity index (χ1) is 9.31. The molecule has 19 heavy (non-hydrogen) atoms. The van der Waals surface area contributed by atoms with Crippen LogP contribution in [0.4, 0.5) is 0 Å². The van der Waals surface area contributed by atoms with Gasteiger partial charge in [-0.3, -0.25) is 0 Å². The van der Waals surface area contributed by atoms with Gasteiger partial charge in [-0.05, 0) is 50.4 Å². The van der Waals surface area contributed by atoms with Gasteiger partial charge in [-0.1, -0.05) is 6.07 Å². The fourth-order valence-corrected chi connectivity index (χ4v) is 2.17. The average molecular weight is 265 g/mol. The molecule has 0 aromatic heterocycles. The summed E-state index contributed by atoms with van der Waals surface area (Å²) in [6, 6.07) is 6.46. The molecule has 1 aliphatic heterocycles. The topological polar surface area (TPSA) is 39.7 Å². The third-order valence-electron chi connectivity index (χ3n) is 3.37. The first-order valence-electron chi connectivity index (χ1n) is 6.93. The summed E-state index contributed by atoms with van der Waals surface area (Å²) in [5, 5.41) is 3.53. The van der Waals surface area contributed by atoms with E-state index in [1.165, 1.54) is 18.4 Å². The van der Waals surface area contributed by atoms with E-state index in [2.05, 4.69) is 24.4 Å². The third-order valence-corrected chi connectivity index (χ3v) is 3.37. The van der Waals surface area contributed by atoms with Gasteiger partial charge in [0.2, 0.25) is 6.79 Å². The number of unbranched alkanes of at least 4 members (excludes halogenated alkanes) is 2. The summed E-state index contributed by atoms with van der Waals surface area (Å²) >= 11 is 0. The standard InChI is InChI=1S/C15H23NO3/c1-12(16-8-4-3-5-9-17-2)13-6-7-14-15(10-13)19-11-18-14/h6-7,10,12,16H,3-5,8-9,11H2,1-2H3. The van der Waals surface area contributed by atoms with Crippen LogP contribution in [0.1, 0.15) is 37.8 Å². The maximum absolute atomic E-state index is 5.40. The highest BCUT2D eigenvalue weighted by atomic mass is 16.7. The monoisotopic (exact) mass is 265 g/mol. The van der Waals surface area contributed by atoms with Gasteiger partial charge < -0.3 is 19.5 Å². The molecule has 0 amide bonds. The lowest BCUT2D eigenvalue weighted by molar-refractivity contribution is 0.174. The first kappa shape index (κ1) is 14.2. The normalized spacial score (nSPS) is 14.6. The Hall–Kier alpha value is -1.26. The zero-order valence-corrected chi connectivity index (χ0v) is 11.8. The van der Waals surface area contributed by atoms with E-state index in [0.29, 0.717) is 12.8 Å². The van der Waals surface area contributed by atoms with Crippen LogP contribution < -0.4 is 14.8 Å². The highest BCUT2D eigenvalue weighted by Gasteiger charge is 2.15. The number of rotatable bonds is 8. The molecule has 0 bridgehead atoms. The minimum absolute atomic E-state index is 0.330. The van der Waals surface area contributed by atoms with Crippen LogP contribution in [0.15, 0.2) is 18.2 Å². The van der Waals surface area contributed by atoms with Gasteiger partial charge in [-0.25, -0.2) is 0 Å². The maximum atomic E-state index is 5.40. The van der Waals surface area contributed by atoms with Crippen LogP contribution in [0.3, 0.4) is 0 Å². The van der Waals surface area contributed by atoms with Crippen LogP contribution in [-0.4, -0.2) is 27.1 Å². The summed E-state index contributed by atoms with van der Waals surface area (Å²) in [5.74, 6) is 1.70. The maximum Gasteiger partial charge on any atom is 0.231 e. The van der Waals surface area contributed by atoms with Crippen LogP contribution in [0.5, 0.6) is 11.5 Å². The Morgan fingerprint density at radius 3 is 2.89 bits per heavy atom. The highest BCUT2D eigenvalue weighted by Crippen LogP contribution is 2.34. The van der Waals surface area contributed by atoms with E-state index in [1.807, 2.05) is 6.07 Å². The molecule has 4 heteroatoms. The minimum Gasteiger partial charge on any atom is -0.454 e. The van der Waals surface area contributed by atoms with Crippen molar-refractivity contribution in [3.63, 3.8) is 0 Å². The number of ether oxygens (including phenoxy) is 3. The molecule has 2 rings (SSSR count). The zero-order valence-electron chi connectivity index (χ0n) is 11.8. The van der Waals surface area contributed by atoms with Crippen molar-refractivity contribution in [3.8, 4) is 11.5 Å². The number of nitrogens with one attached hydrogen (secondary N) is 1. The van der Waals surface area contributed by atoms with E-state index >= 15 is 0 Å². The van der Waals surface area contributed by atoms with Crippen molar-refractivity contribution in [1.29, 1.82) is 0 Å². The second-order valence-electron chi connectivity index (χ2n) is 4.84. The summed E-state index contributed by atoms with van der Waals surface area (Å²) in [4.78, 5) is 0. The first-order valence-corrected chi connectivity index (χ1v) is 6.93. The van der Waals surface area contributed by atoms with Gasteiger partial charge in [0.15, 0.2) is 11.5 Å². The molecule has 0 saturated heterocycles. The molecule has 0 fully saturated rings. The Labute approximate surface area is 115 Å². The Balaban J connectivity index is 1.72. The lowest BCUT2D eigenvalue weighted by atomic mass is 10.1. The van der Waals surface area contributed by atoms with Crippen molar-refractivity contribution in [2.75, 3.05) is 27.1 Å². The average Bonchev–Trinajstić information content (AvgIpc) is 2.89. The molecule has 0 radical (unpaired) electrons. The van der Waals surface area contributed by atoms with Gasteiger partial charge in [0.05, 0.1) is 0 Å². The molecule has 106 valence electrons. The fourth-order valence-electron chi connectivity index (χ4n) is 2.17. The minimum atomic E-state index is 0.330. The summed E-state index contributed by atoms with van der Waals surface area (Å²) in [6.45, 7) is 4.39. The SMILES string of the molecule is COCCCCCNC(C)c1ccc2c(c1)OCO2. The van der Waals surface area contributed by atoms with Crippen molar-refractivity contribution in [3.05, 3.63) is 23.8 Å². The van der Waals surface area contributed by atoms with Gasteiger partial charge in [-0.15, -0.1) is 0 Å². The molecule has 4 nitrogen and oxygen atoms in total. The van der Waals surface area contributed by atoms with E-state index in [0.717, 1.165) is 31.1 Å². The third kappa shape index (κ3) is 4.11. The number of fused-ring (bicyclic) bond motifs is 1. The molecular weight excluding hydrogens is 242 g/mol. The molecule has 1 unspecified atom stereocenters. The van der Waals surface area contributed by atoms with E-state index in [1.54, 1.807) is 7.11 Å². The largest absolute Gasteiger partial charge is 0.454 e. The number of benzene rings is 1. The van der Waals surface area contributed by atoms with Crippen molar-refractivity contribution in [2.24, 2.45) is 0 Å². The highest BCUT2D eigenvalue weighted by molar-refractivity contribution is 5.45. The lowest BCUT2D eigenvalue weighted by Gasteiger charge is -2.14. The Bertz CT molecular complexity index is 395. The quantitative estimate of drug-likeness (QED) is 0.734. The molecule has 0 aliphatic carbocycles. The molecule has 1 heterocycles. The van der Waals surface area contributed by atoms with Crippen LogP contribution in [0, 0.1) is 0 Å². The van der Waals surface area contributed by atoms with Crippen molar-refractivity contribution in [2.45, 2.75) is 32.2 Å². The fraction of sp³-hybridized carbons (Fsp3) is 0.600. The zero-order chi connectivity index (χ0) is 13.5. The molecule has 0 saturated carbocycles. The summed E-state index contributed by atoms with van der Waals surface area (Å²) in [6.07, 6.45) is 3.52. The summed E-state index contributed by atoms with van der Waals surface area (Å²) in [5.41, 5.74) is 1.24. The van der Waals surface area contributed by atoms with Crippen LogP contribution in [0.25, 0.3) is 0 Å². The molecule has 0 spiro atoms. The van der Waals surface area contributed by atoms with E-state index < -0.39 is 0 Å². The predicted octanol–water partition coefficient (Wildman–Crippen LogP) is 2.88. The van der Waals surface area contributed by atoms with Gasteiger partial charge in [0, 0.05) is 19.8 Å².